The summed E-state index contributed by atoms with van der Waals surface area (Å²) in [7, 11) is 0. The molecule has 0 saturated carbocycles. The van der Waals surface area contributed by atoms with Gasteiger partial charge in [-0.05, 0) is 0 Å². The van der Waals surface area contributed by atoms with Gasteiger partial charge in [0.05, 0.1) is 6.07 Å². The molecule has 0 spiro atoms. The molecule has 13 heavy (non-hydrogen) atoms. The highest BCUT2D eigenvalue weighted by atomic mass is 16.4. The highest BCUT2D eigenvalue weighted by Gasteiger charge is 2.01. The average molecular weight is 189 g/mol. The third-order valence-corrected chi connectivity index (χ3v) is 0.533. The second-order valence-corrected chi connectivity index (χ2v) is 1.69. The number of carboxylic acids is 3. The van der Waals surface area contributed by atoms with Crippen LogP contribution in [0.1, 0.15) is 12.8 Å². The van der Waals surface area contributed by atoms with Crippen molar-refractivity contribution in [1.82, 2.24) is 0 Å². The fourth-order valence-electron chi connectivity index (χ4n) is 0.197. The lowest BCUT2D eigenvalue weighted by molar-refractivity contribution is -0.147. The Bertz CT molecular complexity index is 228. The molecule has 0 atom stereocenters. The van der Waals surface area contributed by atoms with Crippen LogP contribution in [-0.4, -0.2) is 33.2 Å². The van der Waals surface area contributed by atoms with Crippen molar-refractivity contribution in [3.05, 3.63) is 0 Å². The molecule has 7 nitrogen and oxygen atoms in total. The molecule has 0 aromatic carbocycles. The zero-order valence-electron chi connectivity index (χ0n) is 6.43. The molecule has 72 valence electrons. The first-order valence-corrected chi connectivity index (χ1v) is 2.92. The summed E-state index contributed by atoms with van der Waals surface area (Å²) in [5.41, 5.74) is 0. The topological polar surface area (TPSA) is 136 Å². The third kappa shape index (κ3) is 25.7. The highest BCUT2D eigenvalue weighted by molar-refractivity contribution is 5.88. The maximum absolute atomic E-state index is 9.43. The molecular weight excluding hydrogens is 182 g/mol. The van der Waals surface area contributed by atoms with Gasteiger partial charge in [0.25, 0.3) is 0 Å². The van der Waals surface area contributed by atoms with Gasteiger partial charge in [0.15, 0.2) is 0 Å². The largest absolute Gasteiger partial charge is 0.481 e. The van der Waals surface area contributed by atoms with Crippen LogP contribution in [0, 0.1) is 11.3 Å². The average Bonchev–Trinajstić information content (AvgIpc) is 1.83. The van der Waals surface area contributed by atoms with E-state index >= 15 is 0 Å². The van der Waals surface area contributed by atoms with Crippen molar-refractivity contribution in [2.75, 3.05) is 0 Å². The predicted molar refractivity (Wildman–Crippen MR) is 37.8 cm³/mol. The Balaban J connectivity index is 0. The van der Waals surface area contributed by atoms with Crippen LogP contribution in [0.5, 0.6) is 0 Å². The smallest absolute Gasteiger partial charge is 0.317 e. The van der Waals surface area contributed by atoms with Crippen LogP contribution in [-0.2, 0) is 14.4 Å². The van der Waals surface area contributed by atoms with E-state index < -0.39 is 30.7 Å². The van der Waals surface area contributed by atoms with Crippen LogP contribution in [0.15, 0.2) is 0 Å². The summed E-state index contributed by atoms with van der Waals surface area (Å²) in [6, 6.07) is 1.47. The Hall–Kier alpha value is -2.10. The summed E-state index contributed by atoms with van der Waals surface area (Å²) < 4.78 is 0. The first-order valence-electron chi connectivity index (χ1n) is 2.92. The molecule has 0 aliphatic rings. The van der Waals surface area contributed by atoms with Crippen LogP contribution in [0.4, 0.5) is 0 Å². The van der Waals surface area contributed by atoms with E-state index in [2.05, 4.69) is 0 Å². The summed E-state index contributed by atoms with van der Waals surface area (Å²) in [4.78, 5) is 28.2. The van der Waals surface area contributed by atoms with E-state index in [0.717, 1.165) is 0 Å². The minimum absolute atomic E-state index is 0.403. The Kier molecular flexibility index (Phi) is 8.30. The van der Waals surface area contributed by atoms with Crippen molar-refractivity contribution in [2.45, 2.75) is 12.8 Å². The van der Waals surface area contributed by atoms with Crippen molar-refractivity contribution in [1.29, 1.82) is 5.26 Å². The number of rotatable bonds is 3. The third-order valence-electron chi connectivity index (χ3n) is 0.533. The molecule has 0 unspecified atom stereocenters. The van der Waals surface area contributed by atoms with E-state index in [1.807, 2.05) is 0 Å². The first-order chi connectivity index (χ1) is 5.90. The van der Waals surface area contributed by atoms with E-state index in [-0.39, 0.29) is 0 Å². The van der Waals surface area contributed by atoms with E-state index in [1.54, 1.807) is 0 Å². The molecule has 0 heterocycles. The van der Waals surface area contributed by atoms with Gasteiger partial charge in [0.1, 0.15) is 12.8 Å². The molecule has 0 saturated heterocycles. The number of carboxylic acid groups (broad SMARTS) is 3. The number of aliphatic carboxylic acids is 3. The summed E-state index contributed by atoms with van der Waals surface area (Å²) in [6.45, 7) is 0. The summed E-state index contributed by atoms with van der Waals surface area (Å²) >= 11 is 0. The quantitative estimate of drug-likeness (QED) is 0.510. The van der Waals surface area contributed by atoms with Crippen molar-refractivity contribution in [3.8, 4) is 6.07 Å². The molecule has 0 radical (unpaired) electrons. The van der Waals surface area contributed by atoms with Gasteiger partial charge in [0.2, 0.25) is 0 Å². The fourth-order valence-corrected chi connectivity index (χ4v) is 0.197. The van der Waals surface area contributed by atoms with Crippen molar-refractivity contribution in [2.24, 2.45) is 0 Å². The van der Waals surface area contributed by atoms with Crippen molar-refractivity contribution >= 4 is 17.9 Å². The lowest BCUT2D eigenvalue weighted by Gasteiger charge is -1.80. The molecule has 0 aromatic heterocycles. The van der Waals surface area contributed by atoms with Gasteiger partial charge in [-0.1, -0.05) is 0 Å². The maximum atomic E-state index is 9.43. The van der Waals surface area contributed by atoms with Gasteiger partial charge in [-0.2, -0.15) is 5.26 Å². The predicted octanol–water partition coefficient (Wildman–Crippen LogP) is -0.470. The molecule has 0 fully saturated rings. The van der Waals surface area contributed by atoms with Crippen molar-refractivity contribution < 1.29 is 29.7 Å². The minimum atomic E-state index is -1.31. The summed E-state index contributed by atoms with van der Waals surface area (Å²) in [6.07, 6.45) is -1.21. The zero-order chi connectivity index (χ0) is 10.9. The van der Waals surface area contributed by atoms with Gasteiger partial charge in [0, 0.05) is 0 Å². The molecule has 0 amide bonds. The van der Waals surface area contributed by atoms with E-state index in [1.165, 1.54) is 6.07 Å². The van der Waals surface area contributed by atoms with E-state index in [9.17, 15) is 14.4 Å². The van der Waals surface area contributed by atoms with Crippen LogP contribution in [0.2, 0.25) is 0 Å². The highest BCUT2D eigenvalue weighted by Crippen LogP contribution is 1.74. The second kappa shape index (κ2) is 8.00. The maximum Gasteiger partial charge on any atom is 0.317 e. The number of carbonyl (C=O) groups is 3. The van der Waals surface area contributed by atoms with Crippen molar-refractivity contribution in [3.63, 3.8) is 0 Å². The number of nitrogens with zero attached hydrogens (tertiary/aromatic N) is 1. The van der Waals surface area contributed by atoms with E-state index in [4.69, 9.17) is 20.6 Å². The molecule has 7 heteroatoms. The van der Waals surface area contributed by atoms with Gasteiger partial charge in [-0.3, -0.25) is 14.4 Å². The molecule has 0 aliphatic heterocycles. The normalized spacial score (nSPS) is 7.31. The Morgan fingerprint density at radius 3 is 1.38 bits per heavy atom. The SMILES string of the molecule is N#CCC(=O)O.O=C(O)CC(=O)O. The van der Waals surface area contributed by atoms with Gasteiger partial charge < -0.3 is 15.3 Å². The second-order valence-electron chi connectivity index (χ2n) is 1.69. The molecule has 0 bridgehead atoms. The monoisotopic (exact) mass is 189 g/mol. The summed E-state index contributed by atoms with van der Waals surface area (Å²) in [5, 5.41) is 30.7. The number of hydrogen-bond donors (Lipinski definition) is 3. The van der Waals surface area contributed by atoms with Crippen LogP contribution in [0.25, 0.3) is 0 Å². The lowest BCUT2D eigenvalue weighted by Crippen LogP contribution is -2.03. The summed E-state index contributed by atoms with van der Waals surface area (Å²) in [5.74, 6) is -3.70. The van der Waals surface area contributed by atoms with Crippen LogP contribution >= 0.6 is 0 Å². The Morgan fingerprint density at radius 2 is 1.38 bits per heavy atom. The van der Waals surface area contributed by atoms with E-state index in [0.29, 0.717) is 0 Å². The van der Waals surface area contributed by atoms with Crippen LogP contribution in [0.3, 0.4) is 0 Å². The van der Waals surface area contributed by atoms with Crippen LogP contribution < -0.4 is 0 Å². The fraction of sp³-hybridized carbons (Fsp3) is 0.333. The number of nitriles is 1. The van der Waals surface area contributed by atoms with Gasteiger partial charge in [-0.25, -0.2) is 0 Å². The molecule has 0 aliphatic carbocycles. The van der Waals surface area contributed by atoms with Gasteiger partial charge in [-0.15, -0.1) is 0 Å². The standard InChI is InChI=1S/C3H3NO2.C3H4O4/c4-2-1-3(5)6;4-2(5)1-3(6)7/h1H2,(H,5,6);1H2,(H,4,5)(H,6,7). The molecule has 0 aromatic rings. The lowest BCUT2D eigenvalue weighted by atomic mass is 10.5. The molecule has 0 rings (SSSR count). The molecular formula is C6H7NO6. The Morgan fingerprint density at radius 1 is 1.00 bits per heavy atom. The number of hydrogen-bond acceptors (Lipinski definition) is 4. The van der Waals surface area contributed by atoms with Gasteiger partial charge >= 0.3 is 17.9 Å². The first kappa shape index (κ1) is 13.5. The Labute approximate surface area is 72.8 Å². The zero-order valence-corrected chi connectivity index (χ0v) is 6.43. The minimum Gasteiger partial charge on any atom is -0.481 e. The molecule has 3 N–H and O–H groups in total.